The summed E-state index contributed by atoms with van der Waals surface area (Å²) >= 11 is 1.30. The lowest BCUT2D eigenvalue weighted by Gasteiger charge is -2.10. The number of ether oxygens (including phenoxy) is 1. The molecule has 0 saturated carbocycles. The molecule has 0 bridgehead atoms. The Morgan fingerprint density at radius 1 is 1.29 bits per heavy atom. The zero-order valence-electron chi connectivity index (χ0n) is 15.3. The molecule has 0 radical (unpaired) electrons. The van der Waals surface area contributed by atoms with Crippen LogP contribution in [0.2, 0.25) is 0 Å². The number of nitro benzene ring substituents is 1. The number of methoxy groups -OCH3 is 1. The molecule has 0 atom stereocenters. The molecule has 0 unspecified atom stereocenters. The number of imidazole rings is 1. The van der Waals surface area contributed by atoms with Gasteiger partial charge in [0.1, 0.15) is 5.75 Å². The molecule has 0 spiro atoms. The molecule has 144 valence electrons. The number of benzene rings is 2. The monoisotopic (exact) mass is 398 g/mol. The number of hydrogen-bond donors (Lipinski definition) is 1. The molecule has 0 aliphatic heterocycles. The zero-order valence-corrected chi connectivity index (χ0v) is 16.1. The number of thioether (sulfide) groups is 1. The molecule has 9 heteroatoms. The zero-order chi connectivity index (χ0) is 20.1. The fraction of sp³-hybridized carbons (Fsp3) is 0.158. The first-order valence-corrected chi connectivity index (χ1v) is 9.32. The summed E-state index contributed by atoms with van der Waals surface area (Å²) in [4.78, 5) is 26.9. The molecule has 1 aromatic heterocycles. The average molecular weight is 398 g/mol. The number of nitro groups is 1. The topological polar surface area (TPSA) is 99.3 Å². The van der Waals surface area contributed by atoms with Crippen LogP contribution in [0.5, 0.6) is 5.75 Å². The van der Waals surface area contributed by atoms with Crippen LogP contribution >= 0.6 is 11.8 Å². The number of aryl methyl sites for hydroxylation is 1. The number of anilines is 1. The highest BCUT2D eigenvalue weighted by molar-refractivity contribution is 7.99. The molecule has 0 aliphatic rings. The van der Waals surface area contributed by atoms with Crippen LogP contribution in [-0.4, -0.2) is 33.2 Å². The summed E-state index contributed by atoms with van der Waals surface area (Å²) in [6, 6.07) is 11.9. The summed E-state index contributed by atoms with van der Waals surface area (Å²) in [5.74, 6) is 0.700. The molecule has 0 fully saturated rings. The third-order valence-corrected chi connectivity index (χ3v) is 4.95. The highest BCUT2D eigenvalue weighted by Gasteiger charge is 2.12. The van der Waals surface area contributed by atoms with Gasteiger partial charge in [-0.2, -0.15) is 0 Å². The number of non-ortho nitro benzene ring substituents is 1. The molecule has 3 rings (SSSR count). The SMILES string of the molecule is COc1ccc(-n2ccnc2SCC(=O)Nc2ccc([N+](=O)[O-])cc2C)cc1. The average Bonchev–Trinajstić information content (AvgIpc) is 3.16. The maximum atomic E-state index is 12.3. The van der Waals surface area contributed by atoms with Crippen molar-refractivity contribution < 1.29 is 14.5 Å². The Labute approximate surface area is 165 Å². The van der Waals surface area contributed by atoms with Crippen LogP contribution in [0.15, 0.2) is 60.0 Å². The molecule has 1 N–H and O–H groups in total. The number of rotatable bonds is 7. The minimum atomic E-state index is -0.465. The highest BCUT2D eigenvalue weighted by Crippen LogP contribution is 2.24. The van der Waals surface area contributed by atoms with E-state index in [2.05, 4.69) is 10.3 Å². The van der Waals surface area contributed by atoms with Gasteiger partial charge < -0.3 is 10.1 Å². The van der Waals surface area contributed by atoms with Crippen LogP contribution in [0.4, 0.5) is 11.4 Å². The Balaban J connectivity index is 1.64. The standard InChI is InChI=1S/C19H18N4O4S/c1-13-11-15(23(25)26)5-8-17(13)21-18(24)12-28-19-20-9-10-22(19)14-3-6-16(27-2)7-4-14/h3-11H,12H2,1-2H3,(H,21,24). The number of carbonyl (C=O) groups is 1. The number of amides is 1. The highest BCUT2D eigenvalue weighted by atomic mass is 32.2. The van der Waals surface area contributed by atoms with Gasteiger partial charge in [0, 0.05) is 35.9 Å². The van der Waals surface area contributed by atoms with Gasteiger partial charge in [-0.25, -0.2) is 4.98 Å². The number of hydrogen-bond acceptors (Lipinski definition) is 6. The van der Waals surface area contributed by atoms with Crippen LogP contribution in [0.25, 0.3) is 5.69 Å². The lowest BCUT2D eigenvalue weighted by atomic mass is 10.2. The van der Waals surface area contributed by atoms with Gasteiger partial charge in [-0.1, -0.05) is 11.8 Å². The van der Waals surface area contributed by atoms with Gasteiger partial charge in [0.15, 0.2) is 5.16 Å². The van der Waals surface area contributed by atoms with E-state index >= 15 is 0 Å². The molecule has 1 amide bonds. The van der Waals surface area contributed by atoms with E-state index < -0.39 is 4.92 Å². The van der Waals surface area contributed by atoms with Gasteiger partial charge in [-0.05, 0) is 42.8 Å². The van der Waals surface area contributed by atoms with E-state index in [1.807, 2.05) is 35.0 Å². The van der Waals surface area contributed by atoms with E-state index in [1.54, 1.807) is 20.2 Å². The normalized spacial score (nSPS) is 10.5. The van der Waals surface area contributed by atoms with E-state index in [9.17, 15) is 14.9 Å². The second kappa shape index (κ2) is 8.57. The van der Waals surface area contributed by atoms with Crippen molar-refractivity contribution in [3.8, 4) is 11.4 Å². The largest absolute Gasteiger partial charge is 0.497 e. The van der Waals surface area contributed by atoms with E-state index in [0.717, 1.165) is 11.4 Å². The Morgan fingerprint density at radius 3 is 2.68 bits per heavy atom. The molecule has 1 heterocycles. The maximum absolute atomic E-state index is 12.3. The van der Waals surface area contributed by atoms with Crippen molar-refractivity contribution >= 4 is 29.0 Å². The molecular weight excluding hydrogens is 380 g/mol. The van der Waals surface area contributed by atoms with Crippen LogP contribution in [0.3, 0.4) is 0 Å². The van der Waals surface area contributed by atoms with Gasteiger partial charge in [0.2, 0.25) is 5.91 Å². The Bertz CT molecular complexity index is 1000. The lowest BCUT2D eigenvalue weighted by molar-refractivity contribution is -0.384. The Kier molecular flexibility index (Phi) is 5.95. The minimum Gasteiger partial charge on any atom is -0.497 e. The summed E-state index contributed by atoms with van der Waals surface area (Å²) in [6.07, 6.45) is 3.49. The Morgan fingerprint density at radius 2 is 2.04 bits per heavy atom. The number of nitrogens with zero attached hydrogens (tertiary/aromatic N) is 3. The van der Waals surface area contributed by atoms with Crippen molar-refractivity contribution in [3.63, 3.8) is 0 Å². The fourth-order valence-corrected chi connectivity index (χ4v) is 3.33. The van der Waals surface area contributed by atoms with Crippen LogP contribution in [0.1, 0.15) is 5.56 Å². The van der Waals surface area contributed by atoms with Gasteiger partial charge in [0.05, 0.1) is 17.8 Å². The first-order valence-electron chi connectivity index (χ1n) is 8.33. The van der Waals surface area contributed by atoms with Gasteiger partial charge in [0.25, 0.3) is 5.69 Å². The van der Waals surface area contributed by atoms with Crippen molar-refractivity contribution in [2.24, 2.45) is 0 Å². The van der Waals surface area contributed by atoms with Crippen molar-refractivity contribution in [1.82, 2.24) is 9.55 Å². The summed E-state index contributed by atoms with van der Waals surface area (Å²) < 4.78 is 7.05. The summed E-state index contributed by atoms with van der Waals surface area (Å²) in [5, 5.41) is 14.3. The lowest BCUT2D eigenvalue weighted by Crippen LogP contribution is -2.15. The number of nitrogens with one attached hydrogen (secondary N) is 1. The van der Waals surface area contributed by atoms with E-state index in [-0.39, 0.29) is 17.3 Å². The van der Waals surface area contributed by atoms with Crippen LogP contribution in [-0.2, 0) is 4.79 Å². The van der Waals surface area contributed by atoms with Crippen molar-refractivity contribution in [2.75, 3.05) is 18.2 Å². The number of aromatic nitrogens is 2. The van der Waals surface area contributed by atoms with E-state index in [0.29, 0.717) is 16.4 Å². The Hall–Kier alpha value is -3.33. The van der Waals surface area contributed by atoms with Crippen LogP contribution < -0.4 is 10.1 Å². The molecule has 8 nitrogen and oxygen atoms in total. The summed E-state index contributed by atoms with van der Waals surface area (Å²) in [5.41, 5.74) is 2.08. The first-order chi connectivity index (χ1) is 13.5. The quantitative estimate of drug-likeness (QED) is 0.369. The van der Waals surface area contributed by atoms with Crippen LogP contribution in [0, 0.1) is 17.0 Å². The molecule has 2 aromatic carbocycles. The molecular formula is C19H18N4O4S. The van der Waals surface area contributed by atoms with Gasteiger partial charge >= 0.3 is 0 Å². The molecule has 3 aromatic rings. The third-order valence-electron chi connectivity index (χ3n) is 3.98. The predicted molar refractivity (Wildman–Crippen MR) is 107 cm³/mol. The molecule has 28 heavy (non-hydrogen) atoms. The third kappa shape index (κ3) is 4.49. The second-order valence-electron chi connectivity index (χ2n) is 5.87. The molecule has 0 aliphatic carbocycles. The predicted octanol–water partition coefficient (Wildman–Crippen LogP) is 3.83. The fourth-order valence-electron chi connectivity index (χ4n) is 2.55. The first kappa shape index (κ1) is 19.4. The van der Waals surface area contributed by atoms with Gasteiger partial charge in [-0.3, -0.25) is 19.5 Å². The van der Waals surface area contributed by atoms with Crippen molar-refractivity contribution in [2.45, 2.75) is 12.1 Å². The van der Waals surface area contributed by atoms with E-state index in [4.69, 9.17) is 4.74 Å². The molecule has 0 saturated heterocycles. The smallest absolute Gasteiger partial charge is 0.269 e. The van der Waals surface area contributed by atoms with Crippen molar-refractivity contribution in [3.05, 3.63) is 70.5 Å². The van der Waals surface area contributed by atoms with E-state index in [1.165, 1.54) is 30.0 Å². The minimum absolute atomic E-state index is 0.00797. The summed E-state index contributed by atoms with van der Waals surface area (Å²) in [7, 11) is 1.61. The van der Waals surface area contributed by atoms with Crippen molar-refractivity contribution in [1.29, 1.82) is 0 Å². The van der Waals surface area contributed by atoms with Gasteiger partial charge in [-0.15, -0.1) is 0 Å². The maximum Gasteiger partial charge on any atom is 0.269 e. The second-order valence-corrected chi connectivity index (χ2v) is 6.81. The number of carbonyl (C=O) groups excluding carboxylic acids is 1. The summed E-state index contributed by atoms with van der Waals surface area (Å²) in [6.45, 7) is 1.71.